The van der Waals surface area contributed by atoms with Gasteiger partial charge in [0.05, 0.1) is 6.10 Å². The zero-order chi connectivity index (χ0) is 14.3. The third kappa shape index (κ3) is 6.55. The molecule has 1 unspecified atom stereocenters. The summed E-state index contributed by atoms with van der Waals surface area (Å²) in [5.41, 5.74) is 0.849. The Morgan fingerprint density at radius 3 is 2.68 bits per heavy atom. The van der Waals surface area contributed by atoms with Crippen molar-refractivity contribution in [3.8, 4) is 5.75 Å². The molecule has 1 aromatic rings. The van der Waals surface area contributed by atoms with E-state index in [-0.39, 0.29) is 12.4 Å². The van der Waals surface area contributed by atoms with Crippen LogP contribution in [0.4, 0.5) is 4.39 Å². The normalized spacial score (nSPS) is 12.7. The highest BCUT2D eigenvalue weighted by Crippen LogP contribution is 2.17. The molecule has 1 aromatic carbocycles. The molecule has 0 saturated carbocycles. The molecule has 0 aromatic heterocycles. The minimum absolute atomic E-state index is 0.193. The van der Waals surface area contributed by atoms with Gasteiger partial charge in [0.15, 0.2) is 0 Å². The molecule has 2 N–H and O–H groups in total. The van der Waals surface area contributed by atoms with Crippen molar-refractivity contribution in [1.29, 1.82) is 0 Å². The molecule has 0 radical (unpaired) electrons. The first kappa shape index (κ1) is 15.9. The third-order valence-corrected chi connectivity index (χ3v) is 2.73. The first-order valence-electron chi connectivity index (χ1n) is 6.82. The van der Waals surface area contributed by atoms with E-state index in [4.69, 9.17) is 4.74 Å². The van der Waals surface area contributed by atoms with Gasteiger partial charge in [0.25, 0.3) is 0 Å². The predicted molar refractivity (Wildman–Crippen MR) is 74.7 cm³/mol. The van der Waals surface area contributed by atoms with Gasteiger partial charge in [-0.1, -0.05) is 20.8 Å². The van der Waals surface area contributed by atoms with Gasteiger partial charge in [0.2, 0.25) is 0 Å². The minimum Gasteiger partial charge on any atom is -0.491 e. The molecule has 0 heterocycles. The van der Waals surface area contributed by atoms with Crippen molar-refractivity contribution in [2.24, 2.45) is 5.92 Å². The Hall–Kier alpha value is -1.13. The van der Waals surface area contributed by atoms with Crippen molar-refractivity contribution in [1.82, 2.24) is 5.32 Å². The smallest absolute Gasteiger partial charge is 0.127 e. The van der Waals surface area contributed by atoms with Gasteiger partial charge < -0.3 is 15.2 Å². The van der Waals surface area contributed by atoms with Crippen molar-refractivity contribution in [3.05, 3.63) is 29.6 Å². The van der Waals surface area contributed by atoms with Crippen LogP contribution in [-0.4, -0.2) is 24.4 Å². The summed E-state index contributed by atoms with van der Waals surface area (Å²) in [4.78, 5) is 0. The summed E-state index contributed by atoms with van der Waals surface area (Å²) in [6.45, 7) is 7.82. The molecule has 1 atom stereocenters. The lowest BCUT2D eigenvalue weighted by Crippen LogP contribution is -2.19. The lowest BCUT2D eigenvalue weighted by molar-refractivity contribution is 0.104. The average molecular weight is 269 g/mol. The number of hydrogen-bond acceptors (Lipinski definition) is 3. The van der Waals surface area contributed by atoms with E-state index < -0.39 is 6.10 Å². The van der Waals surface area contributed by atoms with Crippen LogP contribution in [0.1, 0.15) is 32.8 Å². The van der Waals surface area contributed by atoms with Gasteiger partial charge in [-0.25, -0.2) is 4.39 Å². The van der Waals surface area contributed by atoms with Crippen molar-refractivity contribution in [2.75, 3.05) is 13.2 Å². The molecule has 108 valence electrons. The number of benzene rings is 1. The van der Waals surface area contributed by atoms with Gasteiger partial charge in [0.1, 0.15) is 18.2 Å². The summed E-state index contributed by atoms with van der Waals surface area (Å²) in [6, 6.07) is 4.64. The van der Waals surface area contributed by atoms with Crippen LogP contribution in [0.25, 0.3) is 0 Å². The predicted octanol–water partition coefficient (Wildman–Crippen LogP) is 2.72. The van der Waals surface area contributed by atoms with Gasteiger partial charge in [-0.3, -0.25) is 0 Å². The molecule has 0 aliphatic carbocycles. The van der Waals surface area contributed by atoms with Crippen LogP contribution in [0.3, 0.4) is 0 Å². The Balaban J connectivity index is 2.55. The fraction of sp³-hybridized carbons (Fsp3) is 0.600. The second kappa shape index (κ2) is 8.12. The summed E-state index contributed by atoms with van der Waals surface area (Å²) >= 11 is 0. The number of ether oxygens (including phenoxy) is 1. The van der Waals surface area contributed by atoms with Crippen LogP contribution >= 0.6 is 0 Å². The SMILES string of the molecule is CCC(O)COc1cc(F)cc(CNCC(C)C)c1. The molecule has 19 heavy (non-hydrogen) atoms. The number of halogens is 1. The first-order chi connectivity index (χ1) is 9.01. The Morgan fingerprint density at radius 2 is 2.05 bits per heavy atom. The van der Waals surface area contributed by atoms with Crippen LogP contribution in [0.5, 0.6) is 5.75 Å². The Morgan fingerprint density at radius 1 is 1.32 bits per heavy atom. The average Bonchev–Trinajstić information content (AvgIpc) is 2.35. The van der Waals surface area contributed by atoms with Crippen LogP contribution < -0.4 is 10.1 Å². The fourth-order valence-corrected chi connectivity index (χ4v) is 1.62. The van der Waals surface area contributed by atoms with E-state index in [0.29, 0.717) is 24.6 Å². The van der Waals surface area contributed by atoms with E-state index in [2.05, 4.69) is 19.2 Å². The van der Waals surface area contributed by atoms with Crippen LogP contribution in [0, 0.1) is 11.7 Å². The molecule has 1 rings (SSSR count). The summed E-state index contributed by atoms with van der Waals surface area (Å²) in [5, 5.41) is 12.7. The Bertz CT molecular complexity index is 382. The van der Waals surface area contributed by atoms with E-state index in [0.717, 1.165) is 12.1 Å². The number of nitrogens with one attached hydrogen (secondary N) is 1. The molecular formula is C15H24FNO2. The highest BCUT2D eigenvalue weighted by Gasteiger charge is 2.05. The molecule has 0 aliphatic rings. The quantitative estimate of drug-likeness (QED) is 0.762. The number of rotatable bonds is 8. The highest BCUT2D eigenvalue weighted by molar-refractivity contribution is 5.29. The molecule has 3 nitrogen and oxygen atoms in total. The molecule has 0 fully saturated rings. The van der Waals surface area contributed by atoms with Crippen LogP contribution in [0.2, 0.25) is 0 Å². The zero-order valence-electron chi connectivity index (χ0n) is 11.9. The fourth-order valence-electron chi connectivity index (χ4n) is 1.62. The van der Waals surface area contributed by atoms with Crippen molar-refractivity contribution in [3.63, 3.8) is 0 Å². The maximum Gasteiger partial charge on any atom is 0.127 e. The summed E-state index contributed by atoms with van der Waals surface area (Å²) in [6.07, 6.45) is 0.115. The van der Waals surface area contributed by atoms with Gasteiger partial charge >= 0.3 is 0 Å². The van der Waals surface area contributed by atoms with E-state index in [1.165, 1.54) is 12.1 Å². The standard InChI is InChI=1S/C15H24FNO2/c1-4-14(18)10-19-15-6-12(5-13(16)7-15)9-17-8-11(2)3/h5-7,11,14,17-18H,4,8-10H2,1-3H3. The largest absolute Gasteiger partial charge is 0.491 e. The molecule has 0 aliphatic heterocycles. The second-order valence-electron chi connectivity index (χ2n) is 5.19. The molecular weight excluding hydrogens is 245 g/mol. The van der Waals surface area contributed by atoms with Crippen LogP contribution in [0.15, 0.2) is 18.2 Å². The lowest BCUT2D eigenvalue weighted by atomic mass is 10.2. The summed E-state index contributed by atoms with van der Waals surface area (Å²) in [7, 11) is 0. The van der Waals surface area contributed by atoms with E-state index in [1.807, 2.05) is 6.92 Å². The lowest BCUT2D eigenvalue weighted by Gasteiger charge is -2.12. The number of aliphatic hydroxyl groups excluding tert-OH is 1. The van der Waals surface area contributed by atoms with Crippen molar-refractivity contribution >= 4 is 0 Å². The van der Waals surface area contributed by atoms with Gasteiger partial charge in [-0.15, -0.1) is 0 Å². The topological polar surface area (TPSA) is 41.5 Å². The van der Waals surface area contributed by atoms with Crippen molar-refractivity contribution < 1.29 is 14.2 Å². The molecule has 0 spiro atoms. The van der Waals surface area contributed by atoms with E-state index in [9.17, 15) is 9.50 Å². The first-order valence-corrected chi connectivity index (χ1v) is 6.82. The summed E-state index contributed by atoms with van der Waals surface area (Å²) < 4.78 is 18.8. The maximum absolute atomic E-state index is 13.4. The molecule has 4 heteroatoms. The molecule has 0 saturated heterocycles. The van der Waals surface area contributed by atoms with E-state index in [1.54, 1.807) is 6.07 Å². The van der Waals surface area contributed by atoms with Gasteiger partial charge in [-0.2, -0.15) is 0 Å². The maximum atomic E-state index is 13.4. The van der Waals surface area contributed by atoms with Crippen molar-refractivity contribution in [2.45, 2.75) is 39.8 Å². The number of hydrogen-bond donors (Lipinski definition) is 2. The molecule has 0 bridgehead atoms. The minimum atomic E-state index is -0.509. The summed E-state index contributed by atoms with van der Waals surface area (Å²) in [5.74, 6) is 0.711. The monoisotopic (exact) mass is 269 g/mol. The Kier molecular flexibility index (Phi) is 6.81. The van der Waals surface area contributed by atoms with Gasteiger partial charge in [0, 0.05) is 12.6 Å². The zero-order valence-corrected chi connectivity index (χ0v) is 11.9. The molecule has 0 amide bonds. The van der Waals surface area contributed by atoms with E-state index >= 15 is 0 Å². The Labute approximate surface area is 114 Å². The highest BCUT2D eigenvalue weighted by atomic mass is 19.1. The van der Waals surface area contributed by atoms with Gasteiger partial charge in [-0.05, 0) is 36.6 Å². The second-order valence-corrected chi connectivity index (χ2v) is 5.19. The third-order valence-electron chi connectivity index (χ3n) is 2.73. The van der Waals surface area contributed by atoms with Crippen LogP contribution in [-0.2, 0) is 6.54 Å². The number of aliphatic hydroxyl groups is 1.